The molecule has 0 aromatic rings. The summed E-state index contributed by atoms with van der Waals surface area (Å²) >= 11 is 1.26. The first-order chi connectivity index (χ1) is 8.86. The molecule has 2 unspecified atom stereocenters. The monoisotopic (exact) mass is 288 g/mol. The van der Waals surface area contributed by atoms with Gasteiger partial charge in [0.2, 0.25) is 4.93 Å². The molecule has 1 heterocycles. The van der Waals surface area contributed by atoms with E-state index in [9.17, 15) is 15.0 Å². The molecule has 0 bridgehead atoms. The number of carbonyl (C=O) groups is 1. The summed E-state index contributed by atoms with van der Waals surface area (Å²) in [5.41, 5.74) is 0. The molecule has 1 saturated heterocycles. The van der Waals surface area contributed by atoms with Crippen molar-refractivity contribution in [3.8, 4) is 0 Å². The van der Waals surface area contributed by atoms with E-state index in [2.05, 4.69) is 20.8 Å². The van der Waals surface area contributed by atoms with Gasteiger partial charge in [-0.05, 0) is 30.6 Å². The van der Waals surface area contributed by atoms with E-state index >= 15 is 0 Å². The van der Waals surface area contributed by atoms with Crippen LogP contribution >= 0.6 is 11.8 Å². The number of aliphatic hydroxyl groups excluding tert-OH is 1. The van der Waals surface area contributed by atoms with Gasteiger partial charge in [0, 0.05) is 11.7 Å². The van der Waals surface area contributed by atoms with Crippen LogP contribution in [-0.4, -0.2) is 33.2 Å². The fourth-order valence-corrected chi connectivity index (χ4v) is 4.82. The maximum atomic E-state index is 11.8. The minimum Gasteiger partial charge on any atom is -0.478 e. The van der Waals surface area contributed by atoms with E-state index in [1.165, 1.54) is 11.8 Å². The number of thioether (sulfide) groups is 1. The van der Waals surface area contributed by atoms with Crippen LogP contribution in [0, 0.1) is 23.7 Å². The van der Waals surface area contributed by atoms with E-state index in [0.717, 1.165) is 19.3 Å². The SMILES string of the molecule is CC(C)C1CC[C@@H](C)CC1[C@@]1(C(=O)O)O[C@@H](O)CS1. The standard InChI is InChI=1S/C14H24O4S/c1-8(2)10-5-4-9(3)6-11(10)14(13(16)17)18-12(15)7-19-14/h8-12,15H,4-7H2,1-3H3,(H,16,17)/t9-,10?,11?,12-,14-/m1/s1. The number of hydrogen-bond acceptors (Lipinski definition) is 4. The molecule has 1 aliphatic carbocycles. The molecule has 4 nitrogen and oxygen atoms in total. The summed E-state index contributed by atoms with van der Waals surface area (Å²) in [6, 6.07) is 0. The summed E-state index contributed by atoms with van der Waals surface area (Å²) in [4.78, 5) is 10.5. The Bertz CT molecular complexity index is 346. The third kappa shape index (κ3) is 2.78. The molecule has 0 radical (unpaired) electrons. The molecule has 2 N–H and O–H groups in total. The van der Waals surface area contributed by atoms with Gasteiger partial charge in [-0.25, -0.2) is 4.79 Å². The predicted molar refractivity (Wildman–Crippen MR) is 74.7 cm³/mol. The number of carboxylic acid groups (broad SMARTS) is 1. The van der Waals surface area contributed by atoms with Gasteiger partial charge in [0.1, 0.15) is 0 Å². The van der Waals surface area contributed by atoms with E-state index in [0.29, 0.717) is 23.5 Å². The summed E-state index contributed by atoms with van der Waals surface area (Å²) in [6.07, 6.45) is 2.13. The topological polar surface area (TPSA) is 66.8 Å². The van der Waals surface area contributed by atoms with Crippen LogP contribution in [0.4, 0.5) is 0 Å². The molecule has 110 valence electrons. The number of rotatable bonds is 3. The molecule has 0 spiro atoms. The highest BCUT2D eigenvalue weighted by atomic mass is 32.2. The van der Waals surface area contributed by atoms with Crippen LogP contribution in [0.15, 0.2) is 0 Å². The molecule has 2 rings (SSSR count). The Kier molecular flexibility index (Phi) is 4.48. The Morgan fingerprint density at radius 2 is 2.11 bits per heavy atom. The van der Waals surface area contributed by atoms with Crippen molar-refractivity contribution in [2.75, 3.05) is 5.75 Å². The number of carboxylic acids is 1. The zero-order valence-electron chi connectivity index (χ0n) is 11.8. The van der Waals surface area contributed by atoms with Crippen molar-refractivity contribution in [2.45, 2.75) is 51.3 Å². The van der Waals surface area contributed by atoms with Crippen molar-refractivity contribution in [1.82, 2.24) is 0 Å². The number of ether oxygens (including phenoxy) is 1. The minimum absolute atomic E-state index is 0.0177. The van der Waals surface area contributed by atoms with E-state index in [1.807, 2.05) is 0 Å². The van der Waals surface area contributed by atoms with Crippen LogP contribution in [-0.2, 0) is 9.53 Å². The second-order valence-corrected chi connectivity index (χ2v) is 7.52. The summed E-state index contributed by atoms with van der Waals surface area (Å²) in [5.74, 6) is 0.718. The van der Waals surface area contributed by atoms with E-state index < -0.39 is 17.2 Å². The first-order valence-corrected chi connectivity index (χ1v) is 8.08. The third-order valence-electron chi connectivity index (χ3n) is 4.56. The van der Waals surface area contributed by atoms with Crippen LogP contribution in [0.5, 0.6) is 0 Å². The number of aliphatic carboxylic acids is 1. The van der Waals surface area contributed by atoms with Gasteiger partial charge in [0.15, 0.2) is 6.29 Å². The Balaban J connectivity index is 2.30. The van der Waals surface area contributed by atoms with Gasteiger partial charge < -0.3 is 14.9 Å². The van der Waals surface area contributed by atoms with Crippen molar-refractivity contribution >= 4 is 17.7 Å². The molecule has 5 heteroatoms. The fourth-order valence-electron chi connectivity index (χ4n) is 3.57. The molecule has 0 aromatic carbocycles. The Labute approximate surface area is 118 Å². The molecule has 1 aliphatic heterocycles. The van der Waals surface area contributed by atoms with E-state index in [4.69, 9.17) is 4.74 Å². The van der Waals surface area contributed by atoms with Crippen LogP contribution in [0.2, 0.25) is 0 Å². The van der Waals surface area contributed by atoms with Crippen molar-refractivity contribution in [1.29, 1.82) is 0 Å². The highest BCUT2D eigenvalue weighted by molar-refractivity contribution is 8.01. The maximum absolute atomic E-state index is 11.8. The molecule has 5 atom stereocenters. The molecule has 2 aliphatic rings. The molecular formula is C14H24O4S. The molecule has 1 saturated carbocycles. The maximum Gasteiger partial charge on any atom is 0.347 e. The average Bonchev–Trinajstić information content (AvgIpc) is 2.72. The second-order valence-electron chi connectivity index (χ2n) is 6.29. The highest BCUT2D eigenvalue weighted by Crippen LogP contribution is 2.52. The summed E-state index contributed by atoms with van der Waals surface area (Å²) < 4.78 is 5.50. The van der Waals surface area contributed by atoms with Crippen LogP contribution in [0.1, 0.15) is 40.0 Å². The van der Waals surface area contributed by atoms with Crippen molar-refractivity contribution in [2.24, 2.45) is 23.7 Å². The molecule has 0 amide bonds. The summed E-state index contributed by atoms with van der Waals surface area (Å²) in [6.45, 7) is 6.48. The smallest absolute Gasteiger partial charge is 0.347 e. The van der Waals surface area contributed by atoms with Gasteiger partial charge in [-0.3, -0.25) is 0 Å². The molecular weight excluding hydrogens is 264 g/mol. The normalized spacial score (nSPS) is 43.6. The summed E-state index contributed by atoms with van der Waals surface area (Å²) in [5, 5.41) is 19.3. The zero-order chi connectivity index (χ0) is 14.2. The van der Waals surface area contributed by atoms with Crippen LogP contribution < -0.4 is 0 Å². The van der Waals surface area contributed by atoms with Gasteiger partial charge in [-0.2, -0.15) is 0 Å². The highest BCUT2D eigenvalue weighted by Gasteiger charge is 2.57. The minimum atomic E-state index is -1.25. The van der Waals surface area contributed by atoms with Crippen molar-refractivity contribution < 1.29 is 19.7 Å². The van der Waals surface area contributed by atoms with Gasteiger partial charge >= 0.3 is 5.97 Å². The zero-order valence-corrected chi connectivity index (χ0v) is 12.7. The van der Waals surface area contributed by atoms with Crippen LogP contribution in [0.25, 0.3) is 0 Å². The van der Waals surface area contributed by atoms with E-state index in [-0.39, 0.29) is 5.92 Å². The molecule has 19 heavy (non-hydrogen) atoms. The second kappa shape index (κ2) is 5.62. The van der Waals surface area contributed by atoms with E-state index in [1.54, 1.807) is 0 Å². The lowest BCUT2D eigenvalue weighted by Gasteiger charge is -2.44. The molecule has 0 aromatic heterocycles. The summed E-state index contributed by atoms with van der Waals surface area (Å²) in [7, 11) is 0. The number of aliphatic hydroxyl groups is 1. The van der Waals surface area contributed by atoms with Crippen molar-refractivity contribution in [3.63, 3.8) is 0 Å². The van der Waals surface area contributed by atoms with Crippen LogP contribution in [0.3, 0.4) is 0 Å². The lowest BCUT2D eigenvalue weighted by Crippen LogP contribution is -2.50. The Morgan fingerprint density at radius 1 is 1.42 bits per heavy atom. The van der Waals surface area contributed by atoms with Gasteiger partial charge in [0.05, 0.1) is 0 Å². The Morgan fingerprint density at radius 3 is 2.58 bits per heavy atom. The van der Waals surface area contributed by atoms with Gasteiger partial charge in [-0.15, -0.1) is 11.8 Å². The van der Waals surface area contributed by atoms with Gasteiger partial charge in [-0.1, -0.05) is 27.2 Å². The van der Waals surface area contributed by atoms with Gasteiger partial charge in [0.25, 0.3) is 0 Å². The largest absolute Gasteiger partial charge is 0.478 e. The van der Waals surface area contributed by atoms with Crippen molar-refractivity contribution in [3.05, 3.63) is 0 Å². The Hall–Kier alpha value is -0.260. The average molecular weight is 288 g/mol. The lowest BCUT2D eigenvalue weighted by molar-refractivity contribution is -0.188. The quantitative estimate of drug-likeness (QED) is 0.835. The number of hydrogen-bond donors (Lipinski definition) is 2. The fraction of sp³-hybridized carbons (Fsp3) is 0.929. The third-order valence-corrected chi connectivity index (χ3v) is 6.01. The molecule has 2 fully saturated rings. The first kappa shape index (κ1) is 15.1. The predicted octanol–water partition coefficient (Wildman–Crippen LogP) is 2.56. The lowest BCUT2D eigenvalue weighted by atomic mass is 9.67. The first-order valence-electron chi connectivity index (χ1n) is 7.10.